The van der Waals surface area contributed by atoms with Crippen molar-refractivity contribution in [2.45, 2.75) is 44.2 Å². The maximum absolute atomic E-state index is 6.17. The summed E-state index contributed by atoms with van der Waals surface area (Å²) >= 11 is 0. The van der Waals surface area contributed by atoms with Gasteiger partial charge < -0.3 is 20.5 Å². The fourth-order valence-corrected chi connectivity index (χ4v) is 2.27. The van der Waals surface area contributed by atoms with Crippen molar-refractivity contribution in [3.05, 3.63) is 0 Å². The van der Waals surface area contributed by atoms with E-state index >= 15 is 0 Å². The maximum atomic E-state index is 6.17. The molecular formula is C12H21N5O2. The van der Waals surface area contributed by atoms with Crippen molar-refractivity contribution in [3.8, 4) is 12.0 Å². The van der Waals surface area contributed by atoms with Crippen LogP contribution in [0.4, 0.5) is 5.95 Å². The number of nitrogens with one attached hydrogen (secondary N) is 1. The van der Waals surface area contributed by atoms with E-state index < -0.39 is 0 Å². The molecule has 0 aliphatic heterocycles. The summed E-state index contributed by atoms with van der Waals surface area (Å²) < 4.78 is 10.0. The van der Waals surface area contributed by atoms with Crippen molar-refractivity contribution in [2.75, 3.05) is 19.5 Å². The third-order valence-electron chi connectivity index (χ3n) is 3.34. The highest BCUT2D eigenvalue weighted by molar-refractivity contribution is 5.29. The molecule has 1 fully saturated rings. The number of nitrogens with zero attached hydrogens (tertiary/aromatic N) is 3. The van der Waals surface area contributed by atoms with E-state index in [2.05, 4.69) is 20.3 Å². The van der Waals surface area contributed by atoms with E-state index in [0.29, 0.717) is 5.95 Å². The van der Waals surface area contributed by atoms with Crippen molar-refractivity contribution in [1.82, 2.24) is 15.0 Å². The average molecular weight is 267 g/mol. The lowest BCUT2D eigenvalue weighted by Crippen LogP contribution is -2.39. The lowest BCUT2D eigenvalue weighted by Gasteiger charge is -2.22. The monoisotopic (exact) mass is 267 g/mol. The number of aromatic nitrogens is 3. The molecule has 0 spiro atoms. The third-order valence-corrected chi connectivity index (χ3v) is 3.34. The molecule has 1 aliphatic carbocycles. The van der Waals surface area contributed by atoms with E-state index in [1.54, 1.807) is 0 Å². The topological polar surface area (TPSA) is 95.2 Å². The molecule has 0 saturated heterocycles. The summed E-state index contributed by atoms with van der Waals surface area (Å²) in [6.07, 6.45) is 5.64. The second-order valence-electron chi connectivity index (χ2n) is 4.69. The van der Waals surface area contributed by atoms with E-state index in [0.717, 1.165) is 12.8 Å². The van der Waals surface area contributed by atoms with Crippen molar-refractivity contribution >= 4 is 5.95 Å². The van der Waals surface area contributed by atoms with Gasteiger partial charge in [0.1, 0.15) is 0 Å². The average Bonchev–Trinajstić information content (AvgIpc) is 2.63. The van der Waals surface area contributed by atoms with Crippen LogP contribution in [-0.4, -0.2) is 41.3 Å². The van der Waals surface area contributed by atoms with Crippen LogP contribution in [0.1, 0.15) is 32.1 Å². The fraction of sp³-hybridized carbons (Fsp3) is 0.750. The van der Waals surface area contributed by atoms with Gasteiger partial charge in [-0.3, -0.25) is 0 Å². The smallest absolute Gasteiger partial charge is 0.324 e. The van der Waals surface area contributed by atoms with Gasteiger partial charge in [-0.15, -0.1) is 4.98 Å². The molecule has 1 aromatic heterocycles. The van der Waals surface area contributed by atoms with Crippen LogP contribution in [0.5, 0.6) is 12.0 Å². The van der Waals surface area contributed by atoms with Crippen LogP contribution in [0.25, 0.3) is 0 Å². The van der Waals surface area contributed by atoms with Gasteiger partial charge in [0, 0.05) is 12.1 Å². The van der Waals surface area contributed by atoms with Gasteiger partial charge in [-0.1, -0.05) is 19.3 Å². The van der Waals surface area contributed by atoms with Crippen LogP contribution in [-0.2, 0) is 0 Å². The standard InChI is InChI=1S/C12H21N5O2/c1-18-11-15-10(16-12(17-11)19-2)14-9-7-5-3-4-6-8(9)13/h8-9H,3-7,13H2,1-2H3,(H,14,15,16,17). The van der Waals surface area contributed by atoms with Gasteiger partial charge in [0.05, 0.1) is 14.2 Å². The Hall–Kier alpha value is -1.63. The summed E-state index contributed by atoms with van der Waals surface area (Å²) in [7, 11) is 3.02. The Morgan fingerprint density at radius 1 is 1.00 bits per heavy atom. The molecule has 0 aromatic carbocycles. The summed E-state index contributed by atoms with van der Waals surface area (Å²) in [5.41, 5.74) is 6.17. The minimum Gasteiger partial charge on any atom is -0.467 e. The SMILES string of the molecule is COc1nc(NC2CCCCCC2N)nc(OC)n1. The molecule has 1 saturated carbocycles. The highest BCUT2D eigenvalue weighted by Gasteiger charge is 2.21. The predicted octanol–water partition coefficient (Wildman–Crippen LogP) is 0.961. The van der Waals surface area contributed by atoms with E-state index in [-0.39, 0.29) is 24.1 Å². The molecule has 7 heteroatoms. The van der Waals surface area contributed by atoms with E-state index in [1.165, 1.54) is 33.5 Å². The second kappa shape index (κ2) is 6.51. The van der Waals surface area contributed by atoms with Crippen LogP contribution < -0.4 is 20.5 Å². The van der Waals surface area contributed by atoms with Gasteiger partial charge in [0.15, 0.2) is 0 Å². The van der Waals surface area contributed by atoms with Crippen LogP contribution in [0.2, 0.25) is 0 Å². The van der Waals surface area contributed by atoms with Gasteiger partial charge in [0.25, 0.3) is 0 Å². The van der Waals surface area contributed by atoms with Gasteiger partial charge in [-0.05, 0) is 12.8 Å². The molecule has 2 atom stereocenters. The molecule has 1 heterocycles. The first-order valence-corrected chi connectivity index (χ1v) is 6.59. The lowest BCUT2D eigenvalue weighted by atomic mass is 10.0. The van der Waals surface area contributed by atoms with Crippen LogP contribution in [0.15, 0.2) is 0 Å². The Balaban J connectivity index is 2.12. The first kappa shape index (κ1) is 13.8. The summed E-state index contributed by atoms with van der Waals surface area (Å²) in [6.45, 7) is 0. The Morgan fingerprint density at radius 2 is 1.63 bits per heavy atom. The van der Waals surface area contributed by atoms with Gasteiger partial charge in [-0.25, -0.2) is 0 Å². The zero-order valence-electron chi connectivity index (χ0n) is 11.4. The molecule has 1 aromatic rings. The highest BCUT2D eigenvalue weighted by atomic mass is 16.5. The number of hydrogen-bond donors (Lipinski definition) is 2. The van der Waals surface area contributed by atoms with Crippen molar-refractivity contribution in [3.63, 3.8) is 0 Å². The van der Waals surface area contributed by atoms with Crippen molar-refractivity contribution < 1.29 is 9.47 Å². The Morgan fingerprint density at radius 3 is 2.26 bits per heavy atom. The molecule has 2 rings (SSSR count). The van der Waals surface area contributed by atoms with E-state index in [9.17, 15) is 0 Å². The number of hydrogen-bond acceptors (Lipinski definition) is 7. The van der Waals surface area contributed by atoms with E-state index in [4.69, 9.17) is 15.2 Å². The number of methoxy groups -OCH3 is 2. The van der Waals surface area contributed by atoms with Crippen molar-refractivity contribution in [1.29, 1.82) is 0 Å². The molecule has 7 nitrogen and oxygen atoms in total. The summed E-state index contributed by atoms with van der Waals surface area (Å²) in [6, 6.07) is 0.767. The summed E-state index contributed by atoms with van der Waals surface area (Å²) in [5, 5.41) is 3.27. The summed E-state index contributed by atoms with van der Waals surface area (Å²) in [4.78, 5) is 12.3. The number of ether oxygens (including phenoxy) is 2. The van der Waals surface area contributed by atoms with Gasteiger partial charge in [0.2, 0.25) is 5.95 Å². The molecule has 19 heavy (non-hydrogen) atoms. The first-order chi connectivity index (χ1) is 9.22. The number of anilines is 1. The molecule has 0 radical (unpaired) electrons. The lowest BCUT2D eigenvalue weighted by molar-refractivity contribution is 0.340. The third kappa shape index (κ3) is 3.66. The van der Waals surface area contributed by atoms with Crippen LogP contribution >= 0.6 is 0 Å². The quantitative estimate of drug-likeness (QED) is 0.784. The Kier molecular flexibility index (Phi) is 4.73. The van der Waals surface area contributed by atoms with E-state index in [1.807, 2.05) is 0 Å². The predicted molar refractivity (Wildman–Crippen MR) is 71.4 cm³/mol. The zero-order valence-corrected chi connectivity index (χ0v) is 11.4. The minimum atomic E-state index is 0.122. The van der Waals surface area contributed by atoms with Gasteiger partial charge >= 0.3 is 12.0 Å². The zero-order chi connectivity index (χ0) is 13.7. The minimum absolute atomic E-state index is 0.122. The molecule has 106 valence electrons. The van der Waals surface area contributed by atoms with Crippen molar-refractivity contribution in [2.24, 2.45) is 5.73 Å². The largest absolute Gasteiger partial charge is 0.467 e. The van der Waals surface area contributed by atoms with Crippen LogP contribution in [0, 0.1) is 0 Å². The maximum Gasteiger partial charge on any atom is 0.324 e. The molecule has 1 aliphatic rings. The molecule has 0 bridgehead atoms. The Bertz CT molecular complexity index is 393. The molecule has 2 unspecified atom stereocenters. The first-order valence-electron chi connectivity index (χ1n) is 6.59. The fourth-order valence-electron chi connectivity index (χ4n) is 2.27. The molecule has 3 N–H and O–H groups in total. The Labute approximate surface area is 112 Å². The number of rotatable bonds is 4. The number of nitrogens with two attached hydrogens (primary N) is 1. The normalized spacial score (nSPS) is 23.5. The van der Waals surface area contributed by atoms with Gasteiger partial charge in [-0.2, -0.15) is 9.97 Å². The summed E-state index contributed by atoms with van der Waals surface area (Å²) in [5.74, 6) is 0.450. The molecule has 0 amide bonds. The molecular weight excluding hydrogens is 246 g/mol. The highest BCUT2D eigenvalue weighted by Crippen LogP contribution is 2.20. The van der Waals surface area contributed by atoms with Crippen LogP contribution in [0.3, 0.4) is 0 Å². The second-order valence-corrected chi connectivity index (χ2v) is 4.69.